The molecule has 0 amide bonds. The number of ether oxygens (including phenoxy) is 1. The van der Waals surface area contributed by atoms with Crippen LogP contribution >= 0.6 is 0 Å². The zero-order valence-electron chi connectivity index (χ0n) is 10.4. The summed E-state index contributed by atoms with van der Waals surface area (Å²) in [6, 6.07) is 0.551. The van der Waals surface area contributed by atoms with Gasteiger partial charge in [-0.1, -0.05) is 0 Å². The van der Waals surface area contributed by atoms with Crippen molar-refractivity contribution in [3.8, 4) is 0 Å². The second-order valence-corrected chi connectivity index (χ2v) is 4.56. The Bertz CT molecular complexity index is 548. The standard InChI is InChI=1S/C12H17N5O/c1-18-7-6-17(9-2-3-9)12-11-14-4-5-16(11)8-10(13)15-12/h4-5,8-9H,2-3,6-7,13H2,1H3. The Morgan fingerprint density at radius 1 is 1.56 bits per heavy atom. The molecule has 0 spiro atoms. The first-order chi connectivity index (χ1) is 8.79. The van der Waals surface area contributed by atoms with Gasteiger partial charge in [-0.15, -0.1) is 0 Å². The molecule has 2 aromatic heterocycles. The van der Waals surface area contributed by atoms with E-state index in [-0.39, 0.29) is 0 Å². The van der Waals surface area contributed by atoms with Gasteiger partial charge >= 0.3 is 0 Å². The lowest BCUT2D eigenvalue weighted by Gasteiger charge is -2.23. The molecule has 3 rings (SSSR count). The average molecular weight is 247 g/mol. The topological polar surface area (TPSA) is 68.7 Å². The fraction of sp³-hybridized carbons (Fsp3) is 0.500. The Balaban J connectivity index is 2.01. The third-order valence-corrected chi connectivity index (χ3v) is 3.17. The largest absolute Gasteiger partial charge is 0.383 e. The molecule has 0 saturated heterocycles. The van der Waals surface area contributed by atoms with Crippen LogP contribution in [0.4, 0.5) is 11.6 Å². The summed E-state index contributed by atoms with van der Waals surface area (Å²) in [5.41, 5.74) is 6.71. The van der Waals surface area contributed by atoms with Crippen molar-refractivity contribution in [1.29, 1.82) is 0 Å². The van der Waals surface area contributed by atoms with Gasteiger partial charge in [0, 0.05) is 32.1 Å². The smallest absolute Gasteiger partial charge is 0.180 e. The number of fused-ring (bicyclic) bond motifs is 1. The lowest BCUT2D eigenvalue weighted by Crippen LogP contribution is -2.31. The third-order valence-electron chi connectivity index (χ3n) is 3.17. The minimum atomic E-state index is 0.513. The quantitative estimate of drug-likeness (QED) is 0.851. The van der Waals surface area contributed by atoms with Gasteiger partial charge < -0.3 is 19.8 Å². The number of imidazole rings is 1. The summed E-state index contributed by atoms with van der Waals surface area (Å²) < 4.78 is 7.08. The number of nitrogens with two attached hydrogens (primary N) is 1. The highest BCUT2D eigenvalue weighted by Crippen LogP contribution is 2.32. The van der Waals surface area contributed by atoms with Crippen LogP contribution in [-0.2, 0) is 4.74 Å². The monoisotopic (exact) mass is 247 g/mol. The first-order valence-corrected chi connectivity index (χ1v) is 6.14. The lowest BCUT2D eigenvalue weighted by atomic mass is 10.4. The van der Waals surface area contributed by atoms with E-state index in [2.05, 4.69) is 14.9 Å². The Labute approximate surface area is 105 Å². The number of methoxy groups -OCH3 is 1. The van der Waals surface area contributed by atoms with E-state index in [1.807, 2.05) is 10.6 Å². The average Bonchev–Trinajstić information content (AvgIpc) is 3.08. The molecule has 2 aromatic rings. The van der Waals surface area contributed by atoms with Crippen LogP contribution in [0.25, 0.3) is 5.65 Å². The van der Waals surface area contributed by atoms with E-state index in [9.17, 15) is 0 Å². The highest BCUT2D eigenvalue weighted by Gasteiger charge is 2.31. The maximum absolute atomic E-state index is 5.85. The number of anilines is 2. The van der Waals surface area contributed by atoms with Gasteiger partial charge in [0.2, 0.25) is 0 Å². The van der Waals surface area contributed by atoms with Crippen LogP contribution in [0.5, 0.6) is 0 Å². The molecule has 96 valence electrons. The number of rotatable bonds is 5. The number of hydrogen-bond acceptors (Lipinski definition) is 5. The fourth-order valence-electron chi connectivity index (χ4n) is 2.16. The van der Waals surface area contributed by atoms with E-state index >= 15 is 0 Å². The van der Waals surface area contributed by atoms with E-state index in [0.717, 1.165) is 18.0 Å². The molecular formula is C12H17N5O. The first kappa shape index (κ1) is 11.3. The van der Waals surface area contributed by atoms with Crippen LogP contribution in [0.2, 0.25) is 0 Å². The van der Waals surface area contributed by atoms with Crippen molar-refractivity contribution in [2.45, 2.75) is 18.9 Å². The van der Waals surface area contributed by atoms with Crippen molar-refractivity contribution < 1.29 is 4.74 Å². The minimum Gasteiger partial charge on any atom is -0.383 e. The van der Waals surface area contributed by atoms with Crippen molar-refractivity contribution in [3.63, 3.8) is 0 Å². The van der Waals surface area contributed by atoms with E-state index in [0.29, 0.717) is 18.5 Å². The van der Waals surface area contributed by atoms with Crippen molar-refractivity contribution in [1.82, 2.24) is 14.4 Å². The van der Waals surface area contributed by atoms with Crippen molar-refractivity contribution in [3.05, 3.63) is 18.6 Å². The first-order valence-electron chi connectivity index (χ1n) is 6.14. The number of nitrogens with zero attached hydrogens (tertiary/aromatic N) is 4. The Morgan fingerprint density at radius 2 is 2.39 bits per heavy atom. The summed E-state index contributed by atoms with van der Waals surface area (Å²) in [4.78, 5) is 11.1. The molecule has 0 aliphatic heterocycles. The van der Waals surface area contributed by atoms with Gasteiger partial charge in [0.15, 0.2) is 11.5 Å². The molecule has 0 atom stereocenters. The van der Waals surface area contributed by atoms with Crippen molar-refractivity contribution in [2.75, 3.05) is 30.9 Å². The van der Waals surface area contributed by atoms with Crippen LogP contribution < -0.4 is 10.6 Å². The van der Waals surface area contributed by atoms with Crippen molar-refractivity contribution >= 4 is 17.3 Å². The Morgan fingerprint density at radius 3 is 3.11 bits per heavy atom. The van der Waals surface area contributed by atoms with E-state index in [1.165, 1.54) is 12.8 Å². The van der Waals surface area contributed by atoms with Crippen LogP contribution in [0.1, 0.15) is 12.8 Å². The highest BCUT2D eigenvalue weighted by atomic mass is 16.5. The molecule has 6 nitrogen and oxygen atoms in total. The van der Waals surface area contributed by atoms with E-state index in [1.54, 1.807) is 19.5 Å². The maximum Gasteiger partial charge on any atom is 0.180 e. The fourth-order valence-corrected chi connectivity index (χ4v) is 2.16. The summed E-state index contributed by atoms with van der Waals surface area (Å²) in [5, 5.41) is 0. The molecular weight excluding hydrogens is 230 g/mol. The number of hydrogen-bond donors (Lipinski definition) is 1. The molecule has 0 unspecified atom stereocenters. The third kappa shape index (κ3) is 1.99. The van der Waals surface area contributed by atoms with Gasteiger partial charge in [0.05, 0.1) is 12.8 Å². The summed E-state index contributed by atoms with van der Waals surface area (Å²) in [6.45, 7) is 1.50. The SMILES string of the molecule is COCCN(c1nc(N)cn2ccnc12)C1CC1. The van der Waals surface area contributed by atoms with Gasteiger partial charge in [-0.3, -0.25) is 0 Å². The van der Waals surface area contributed by atoms with Gasteiger partial charge in [-0.25, -0.2) is 9.97 Å². The molecule has 1 aliphatic carbocycles. The normalized spacial score (nSPS) is 15.2. The van der Waals surface area contributed by atoms with Crippen LogP contribution in [0.15, 0.2) is 18.6 Å². The van der Waals surface area contributed by atoms with Crippen LogP contribution in [0, 0.1) is 0 Å². The summed E-state index contributed by atoms with van der Waals surface area (Å²) >= 11 is 0. The zero-order chi connectivity index (χ0) is 12.5. The molecule has 0 aromatic carbocycles. The maximum atomic E-state index is 5.85. The van der Waals surface area contributed by atoms with Crippen LogP contribution in [0.3, 0.4) is 0 Å². The summed E-state index contributed by atoms with van der Waals surface area (Å²) in [5.74, 6) is 1.37. The molecule has 18 heavy (non-hydrogen) atoms. The molecule has 6 heteroatoms. The van der Waals surface area contributed by atoms with Gasteiger partial charge in [-0.05, 0) is 12.8 Å². The van der Waals surface area contributed by atoms with Gasteiger partial charge in [-0.2, -0.15) is 0 Å². The predicted octanol–water partition coefficient (Wildman–Crippen LogP) is 0.927. The van der Waals surface area contributed by atoms with E-state index < -0.39 is 0 Å². The molecule has 2 heterocycles. The van der Waals surface area contributed by atoms with Gasteiger partial charge in [0.1, 0.15) is 5.82 Å². The Kier molecular flexibility index (Phi) is 2.79. The molecule has 2 N–H and O–H groups in total. The lowest BCUT2D eigenvalue weighted by molar-refractivity contribution is 0.205. The Hall–Kier alpha value is -1.82. The summed E-state index contributed by atoms with van der Waals surface area (Å²) in [7, 11) is 1.71. The second kappa shape index (κ2) is 4.45. The summed E-state index contributed by atoms with van der Waals surface area (Å²) in [6.07, 6.45) is 7.84. The van der Waals surface area contributed by atoms with Gasteiger partial charge in [0.25, 0.3) is 0 Å². The molecule has 1 aliphatic rings. The van der Waals surface area contributed by atoms with E-state index in [4.69, 9.17) is 10.5 Å². The second-order valence-electron chi connectivity index (χ2n) is 4.56. The molecule has 0 radical (unpaired) electrons. The molecule has 1 saturated carbocycles. The zero-order valence-corrected chi connectivity index (χ0v) is 10.4. The van der Waals surface area contributed by atoms with Crippen molar-refractivity contribution in [2.24, 2.45) is 0 Å². The minimum absolute atomic E-state index is 0.513. The number of nitrogen functional groups attached to an aromatic ring is 1. The molecule has 0 bridgehead atoms. The number of aromatic nitrogens is 3. The highest BCUT2D eigenvalue weighted by molar-refractivity contribution is 5.67. The van der Waals surface area contributed by atoms with Crippen LogP contribution in [-0.4, -0.2) is 40.7 Å². The molecule has 1 fully saturated rings. The predicted molar refractivity (Wildman–Crippen MR) is 69.6 cm³/mol.